The first-order valence-electron chi connectivity index (χ1n) is 11.1. The summed E-state index contributed by atoms with van der Waals surface area (Å²) in [7, 11) is 0. The van der Waals surface area contributed by atoms with E-state index in [0.29, 0.717) is 18.8 Å². The molecule has 0 radical (unpaired) electrons. The van der Waals surface area contributed by atoms with E-state index in [9.17, 15) is 15.0 Å². The first-order chi connectivity index (χ1) is 16.1. The number of fused-ring (bicyclic) bond motifs is 1. The average molecular weight is 450 g/mol. The maximum Gasteiger partial charge on any atom is 0.416 e. The van der Waals surface area contributed by atoms with Crippen molar-refractivity contribution in [1.29, 1.82) is 0 Å². The predicted octanol–water partition coefficient (Wildman–Crippen LogP) is 2.27. The quantitative estimate of drug-likeness (QED) is 0.622. The topological polar surface area (TPSA) is 117 Å². The number of nitrogens with zero attached hydrogens (tertiary/aromatic N) is 6. The third-order valence-electron chi connectivity index (χ3n) is 6.26. The van der Waals surface area contributed by atoms with Gasteiger partial charge in [0.15, 0.2) is 0 Å². The Morgan fingerprint density at radius 2 is 1.70 bits per heavy atom. The van der Waals surface area contributed by atoms with Crippen molar-refractivity contribution in [3.63, 3.8) is 0 Å². The van der Waals surface area contributed by atoms with E-state index < -0.39 is 6.09 Å². The lowest BCUT2D eigenvalue weighted by atomic mass is 9.95. The molecule has 1 amide bonds. The molecule has 0 spiro atoms. The predicted molar refractivity (Wildman–Crippen MR) is 118 cm³/mol. The molecule has 10 nitrogen and oxygen atoms in total. The molecular weight excluding hydrogens is 424 g/mol. The van der Waals surface area contributed by atoms with Gasteiger partial charge in [-0.15, -0.1) is 0 Å². The molecule has 0 atom stereocenters. The van der Waals surface area contributed by atoms with E-state index in [2.05, 4.69) is 19.9 Å². The molecule has 1 aliphatic carbocycles. The third-order valence-corrected chi connectivity index (χ3v) is 6.26. The maximum absolute atomic E-state index is 12.6. The summed E-state index contributed by atoms with van der Waals surface area (Å²) in [5.41, 5.74) is 3.06. The van der Waals surface area contributed by atoms with Crippen LogP contribution in [0, 0.1) is 0 Å². The number of amides is 1. The Labute approximate surface area is 191 Å². The van der Waals surface area contributed by atoms with Crippen LogP contribution in [0.15, 0.2) is 36.9 Å². The Morgan fingerprint density at radius 3 is 2.30 bits per heavy atom. The Morgan fingerprint density at radius 1 is 0.970 bits per heavy atom. The standard InChI is InChI=1S/C23H26N6O4/c30-21-18-3-1-2-4-19(18)22(31)29(21)17-5-6-20(25-13-17)33-23(32)28-11-9-27(10-12-28)14-16-7-8-24-15-26-16/h5-8,13,15,30-31H,1-4,9-12,14H2. The van der Waals surface area contributed by atoms with Crippen LogP contribution in [-0.2, 0) is 19.4 Å². The Kier molecular flexibility index (Phi) is 5.82. The molecule has 0 unspecified atom stereocenters. The fourth-order valence-electron chi connectivity index (χ4n) is 4.46. The molecule has 0 aromatic carbocycles. The maximum atomic E-state index is 12.6. The van der Waals surface area contributed by atoms with E-state index in [4.69, 9.17) is 4.74 Å². The van der Waals surface area contributed by atoms with Gasteiger partial charge in [-0.05, 0) is 37.8 Å². The van der Waals surface area contributed by atoms with E-state index in [-0.39, 0.29) is 17.6 Å². The van der Waals surface area contributed by atoms with Crippen molar-refractivity contribution >= 4 is 6.09 Å². The van der Waals surface area contributed by atoms with Gasteiger partial charge in [0.2, 0.25) is 17.6 Å². The molecule has 2 N–H and O–H groups in total. The first-order valence-corrected chi connectivity index (χ1v) is 11.1. The van der Waals surface area contributed by atoms with E-state index in [1.165, 1.54) is 17.1 Å². The highest BCUT2D eigenvalue weighted by atomic mass is 16.6. The zero-order valence-electron chi connectivity index (χ0n) is 18.2. The smallest absolute Gasteiger partial charge is 0.416 e. The van der Waals surface area contributed by atoms with Gasteiger partial charge in [0.05, 0.1) is 17.6 Å². The van der Waals surface area contributed by atoms with Crippen LogP contribution in [0.5, 0.6) is 17.6 Å². The van der Waals surface area contributed by atoms with Crippen molar-refractivity contribution in [1.82, 2.24) is 29.3 Å². The number of hydrogen-bond donors (Lipinski definition) is 2. The number of ether oxygens (including phenoxy) is 1. The summed E-state index contributed by atoms with van der Waals surface area (Å²) in [4.78, 5) is 28.8. The highest BCUT2D eigenvalue weighted by molar-refractivity contribution is 5.70. The van der Waals surface area contributed by atoms with Gasteiger partial charge in [-0.2, -0.15) is 0 Å². The first kappa shape index (κ1) is 21.2. The van der Waals surface area contributed by atoms with Gasteiger partial charge in [0.25, 0.3) is 0 Å². The second-order valence-electron chi connectivity index (χ2n) is 8.33. The van der Waals surface area contributed by atoms with E-state index in [1.54, 1.807) is 23.2 Å². The summed E-state index contributed by atoms with van der Waals surface area (Å²) >= 11 is 0. The molecule has 3 aromatic rings. The normalized spacial score (nSPS) is 16.4. The lowest BCUT2D eigenvalue weighted by molar-refractivity contribution is 0.106. The van der Waals surface area contributed by atoms with Crippen molar-refractivity contribution in [3.05, 3.63) is 53.7 Å². The molecule has 10 heteroatoms. The molecule has 1 saturated heterocycles. The van der Waals surface area contributed by atoms with Crippen LogP contribution >= 0.6 is 0 Å². The molecule has 0 bridgehead atoms. The molecular formula is C23H26N6O4. The summed E-state index contributed by atoms with van der Waals surface area (Å²) in [5.74, 6) is 0.269. The molecule has 172 valence electrons. The average Bonchev–Trinajstić information content (AvgIpc) is 3.11. The minimum Gasteiger partial charge on any atom is -0.494 e. The number of aromatic nitrogens is 4. The second kappa shape index (κ2) is 9.07. The third kappa shape index (κ3) is 4.34. The summed E-state index contributed by atoms with van der Waals surface area (Å²) < 4.78 is 6.84. The fraction of sp³-hybridized carbons (Fsp3) is 0.391. The van der Waals surface area contributed by atoms with Crippen molar-refractivity contribution in [2.24, 2.45) is 0 Å². The summed E-state index contributed by atoms with van der Waals surface area (Å²) in [6.07, 6.45) is 7.77. The number of rotatable bonds is 4. The number of aromatic hydroxyl groups is 2. The van der Waals surface area contributed by atoms with Crippen LogP contribution in [0.3, 0.4) is 0 Å². The summed E-state index contributed by atoms with van der Waals surface area (Å²) in [5, 5.41) is 21.2. The lowest BCUT2D eigenvalue weighted by Gasteiger charge is -2.33. The Balaban J connectivity index is 1.19. The van der Waals surface area contributed by atoms with Crippen molar-refractivity contribution < 1.29 is 19.7 Å². The van der Waals surface area contributed by atoms with Crippen molar-refractivity contribution in [3.8, 4) is 23.3 Å². The monoisotopic (exact) mass is 450 g/mol. The van der Waals surface area contributed by atoms with Gasteiger partial charge in [-0.25, -0.2) is 24.3 Å². The van der Waals surface area contributed by atoms with Crippen LogP contribution in [-0.4, -0.2) is 71.8 Å². The van der Waals surface area contributed by atoms with Gasteiger partial charge < -0.3 is 19.8 Å². The molecule has 33 heavy (non-hydrogen) atoms. The SMILES string of the molecule is O=C(Oc1ccc(-n2c(O)c3c(c2O)CCCC3)cn1)N1CCN(Cc2ccncn2)CC1. The largest absolute Gasteiger partial charge is 0.494 e. The van der Waals surface area contributed by atoms with Crippen molar-refractivity contribution in [2.45, 2.75) is 32.2 Å². The number of hydrogen-bond acceptors (Lipinski definition) is 8. The minimum absolute atomic E-state index is 0.0496. The zero-order chi connectivity index (χ0) is 22.8. The van der Waals surface area contributed by atoms with Gasteiger partial charge in [-0.3, -0.25) is 4.90 Å². The summed E-state index contributed by atoms with van der Waals surface area (Å²) in [6, 6.07) is 5.12. The van der Waals surface area contributed by atoms with Crippen LogP contribution in [0.4, 0.5) is 4.79 Å². The lowest BCUT2D eigenvalue weighted by Crippen LogP contribution is -2.49. The van der Waals surface area contributed by atoms with Crippen LogP contribution in [0.25, 0.3) is 5.69 Å². The van der Waals surface area contributed by atoms with Gasteiger partial charge in [0, 0.05) is 56.1 Å². The molecule has 1 fully saturated rings. The highest BCUT2D eigenvalue weighted by Gasteiger charge is 2.26. The fourth-order valence-corrected chi connectivity index (χ4v) is 4.46. The zero-order valence-corrected chi connectivity index (χ0v) is 18.2. The number of carbonyl (C=O) groups is 1. The van der Waals surface area contributed by atoms with Crippen LogP contribution < -0.4 is 4.74 Å². The van der Waals surface area contributed by atoms with E-state index >= 15 is 0 Å². The molecule has 2 aliphatic rings. The molecule has 5 rings (SSSR count). The Hall–Kier alpha value is -3.66. The molecule has 0 saturated carbocycles. The molecule has 1 aliphatic heterocycles. The van der Waals surface area contributed by atoms with Crippen LogP contribution in [0.2, 0.25) is 0 Å². The molecule has 3 aromatic heterocycles. The Bertz CT molecular complexity index is 1090. The minimum atomic E-state index is -0.445. The van der Waals surface area contributed by atoms with E-state index in [0.717, 1.165) is 62.1 Å². The number of pyridine rings is 1. The highest BCUT2D eigenvalue weighted by Crippen LogP contribution is 2.40. The number of carbonyl (C=O) groups excluding carboxylic acids is 1. The van der Waals surface area contributed by atoms with Gasteiger partial charge >= 0.3 is 6.09 Å². The van der Waals surface area contributed by atoms with Gasteiger partial charge in [-0.1, -0.05) is 0 Å². The van der Waals surface area contributed by atoms with E-state index in [1.807, 2.05) is 6.07 Å². The molecule has 4 heterocycles. The summed E-state index contributed by atoms with van der Waals surface area (Å²) in [6.45, 7) is 3.28. The van der Waals surface area contributed by atoms with Crippen LogP contribution in [0.1, 0.15) is 29.7 Å². The van der Waals surface area contributed by atoms with Gasteiger partial charge in [0.1, 0.15) is 6.33 Å². The second-order valence-corrected chi connectivity index (χ2v) is 8.33. The number of piperazine rings is 1. The van der Waals surface area contributed by atoms with Crippen molar-refractivity contribution in [2.75, 3.05) is 26.2 Å².